The molecule has 198 valence electrons. The van der Waals surface area contributed by atoms with E-state index in [1.807, 2.05) is 6.07 Å². The predicted octanol–water partition coefficient (Wildman–Crippen LogP) is 6.08. The Balaban J connectivity index is 1.42. The van der Waals surface area contributed by atoms with Gasteiger partial charge in [0.15, 0.2) is 0 Å². The molecule has 0 fully saturated rings. The van der Waals surface area contributed by atoms with E-state index in [9.17, 15) is 24.5 Å². The third-order valence-corrected chi connectivity index (χ3v) is 8.30. The van der Waals surface area contributed by atoms with E-state index in [-0.39, 0.29) is 23.8 Å². The molecule has 1 aliphatic carbocycles. The van der Waals surface area contributed by atoms with Gasteiger partial charge in [-0.25, -0.2) is 4.79 Å². The first-order valence-electron chi connectivity index (χ1n) is 12.2. The minimum Gasteiger partial charge on any atom is -0.462 e. The number of carbonyl (C=O) groups excluding carboxylic acids is 3. The number of aryl methyl sites for hydroxylation is 1. The van der Waals surface area contributed by atoms with Gasteiger partial charge in [-0.15, -0.1) is 23.1 Å². The molecule has 0 saturated carbocycles. The van der Waals surface area contributed by atoms with Crippen molar-refractivity contribution < 1.29 is 24.0 Å². The molecule has 0 aliphatic heterocycles. The number of nitro groups is 1. The van der Waals surface area contributed by atoms with Crippen LogP contribution in [0.2, 0.25) is 0 Å². The molecule has 9 nitrogen and oxygen atoms in total. The Morgan fingerprint density at radius 1 is 1.11 bits per heavy atom. The summed E-state index contributed by atoms with van der Waals surface area (Å²) in [5, 5.41) is 16.6. The van der Waals surface area contributed by atoms with Gasteiger partial charge in [0.25, 0.3) is 11.6 Å². The Bertz CT molecular complexity index is 1370. The van der Waals surface area contributed by atoms with Crippen molar-refractivity contribution in [3.63, 3.8) is 0 Å². The summed E-state index contributed by atoms with van der Waals surface area (Å²) >= 11 is 2.77. The second-order valence-corrected chi connectivity index (χ2v) is 11.2. The number of nitrogens with one attached hydrogen (secondary N) is 2. The fraction of sp³-hybridized carbons (Fsp3) is 0.296. The second-order valence-electron chi connectivity index (χ2n) is 8.67. The maximum absolute atomic E-state index is 13.1. The van der Waals surface area contributed by atoms with Crippen LogP contribution in [0.15, 0.2) is 53.4 Å². The Morgan fingerprint density at radius 2 is 1.84 bits per heavy atom. The molecule has 0 bridgehead atoms. The minimum absolute atomic E-state index is 0.0932. The van der Waals surface area contributed by atoms with Crippen molar-refractivity contribution in [1.82, 2.24) is 0 Å². The number of thiophene rings is 1. The van der Waals surface area contributed by atoms with Crippen LogP contribution in [0, 0.1) is 10.1 Å². The molecular formula is C27H27N3O6S2. The quantitative estimate of drug-likeness (QED) is 0.142. The van der Waals surface area contributed by atoms with Crippen molar-refractivity contribution in [2.45, 2.75) is 49.7 Å². The molecule has 1 aliphatic rings. The minimum atomic E-state index is -0.524. The molecule has 3 aromatic rings. The molecule has 11 heteroatoms. The lowest BCUT2D eigenvalue weighted by Gasteiger charge is -2.14. The highest BCUT2D eigenvalue weighted by atomic mass is 32.2. The molecule has 4 rings (SSSR count). The Labute approximate surface area is 228 Å². The van der Waals surface area contributed by atoms with Gasteiger partial charge in [-0.1, -0.05) is 6.07 Å². The number of amides is 2. The third kappa shape index (κ3) is 6.40. The number of esters is 1. The van der Waals surface area contributed by atoms with Gasteiger partial charge in [0.1, 0.15) is 5.00 Å². The number of benzene rings is 2. The SMILES string of the molecule is CCOC(=O)c1c(NC(=O)C(C)Sc2cccc(NC(=O)c3ccc([N+](=O)[O-])cc3)c2)sc2c1CCCC2. The van der Waals surface area contributed by atoms with Crippen LogP contribution >= 0.6 is 23.1 Å². The van der Waals surface area contributed by atoms with E-state index in [1.54, 1.807) is 32.0 Å². The summed E-state index contributed by atoms with van der Waals surface area (Å²) in [5.74, 6) is -1.04. The van der Waals surface area contributed by atoms with Gasteiger partial charge in [0.05, 0.1) is 22.3 Å². The zero-order chi connectivity index (χ0) is 27.2. The van der Waals surface area contributed by atoms with Crippen molar-refractivity contribution in [3.05, 3.63) is 80.2 Å². The van der Waals surface area contributed by atoms with Crippen LogP contribution in [0.3, 0.4) is 0 Å². The Hall–Kier alpha value is -3.70. The van der Waals surface area contributed by atoms with Crippen LogP contribution in [0.5, 0.6) is 0 Å². The van der Waals surface area contributed by atoms with Crippen LogP contribution in [0.1, 0.15) is 57.8 Å². The van der Waals surface area contributed by atoms with Crippen molar-refractivity contribution in [3.8, 4) is 0 Å². The maximum Gasteiger partial charge on any atom is 0.341 e. The summed E-state index contributed by atoms with van der Waals surface area (Å²) in [4.78, 5) is 50.5. The highest BCUT2D eigenvalue weighted by Gasteiger charge is 2.28. The molecule has 0 radical (unpaired) electrons. The fourth-order valence-corrected chi connectivity index (χ4v) is 6.34. The van der Waals surface area contributed by atoms with Crippen LogP contribution in [0.25, 0.3) is 0 Å². The number of anilines is 2. The molecule has 2 N–H and O–H groups in total. The maximum atomic E-state index is 13.1. The molecule has 1 atom stereocenters. The lowest BCUT2D eigenvalue weighted by atomic mass is 9.95. The second kappa shape index (κ2) is 12.2. The number of ether oxygens (including phenoxy) is 1. The van der Waals surface area contributed by atoms with Crippen LogP contribution in [-0.2, 0) is 22.4 Å². The number of nitrogens with zero attached hydrogens (tertiary/aromatic N) is 1. The first kappa shape index (κ1) is 27.3. The molecule has 38 heavy (non-hydrogen) atoms. The summed E-state index contributed by atoms with van der Waals surface area (Å²) in [6.07, 6.45) is 3.77. The average molecular weight is 554 g/mol. The zero-order valence-corrected chi connectivity index (χ0v) is 22.6. The number of carbonyl (C=O) groups is 3. The van der Waals surface area contributed by atoms with Gasteiger partial charge < -0.3 is 15.4 Å². The Morgan fingerprint density at radius 3 is 2.55 bits per heavy atom. The summed E-state index contributed by atoms with van der Waals surface area (Å²) in [6.45, 7) is 3.80. The summed E-state index contributed by atoms with van der Waals surface area (Å²) in [5.41, 5.74) is 2.20. The van der Waals surface area contributed by atoms with Crippen molar-refractivity contribution in [2.24, 2.45) is 0 Å². The van der Waals surface area contributed by atoms with E-state index in [1.165, 1.54) is 47.4 Å². The summed E-state index contributed by atoms with van der Waals surface area (Å²) in [7, 11) is 0. The van der Waals surface area contributed by atoms with E-state index in [2.05, 4.69) is 10.6 Å². The van der Waals surface area contributed by atoms with Gasteiger partial charge in [-0.3, -0.25) is 19.7 Å². The lowest BCUT2D eigenvalue weighted by Crippen LogP contribution is -2.23. The smallest absolute Gasteiger partial charge is 0.341 e. The molecule has 1 unspecified atom stereocenters. The Kier molecular flexibility index (Phi) is 8.80. The van der Waals surface area contributed by atoms with Gasteiger partial charge >= 0.3 is 5.97 Å². The zero-order valence-electron chi connectivity index (χ0n) is 20.9. The summed E-state index contributed by atoms with van der Waals surface area (Å²) < 4.78 is 5.27. The molecular weight excluding hydrogens is 526 g/mol. The molecule has 2 amide bonds. The van der Waals surface area contributed by atoms with E-state index in [0.29, 0.717) is 16.3 Å². The van der Waals surface area contributed by atoms with Gasteiger partial charge in [-0.2, -0.15) is 0 Å². The van der Waals surface area contributed by atoms with Crippen molar-refractivity contribution in [2.75, 3.05) is 17.2 Å². The summed E-state index contributed by atoms with van der Waals surface area (Å²) in [6, 6.07) is 12.4. The number of fused-ring (bicyclic) bond motifs is 1. The van der Waals surface area contributed by atoms with E-state index in [4.69, 9.17) is 4.74 Å². The van der Waals surface area contributed by atoms with E-state index in [0.717, 1.165) is 41.0 Å². The largest absolute Gasteiger partial charge is 0.462 e. The van der Waals surface area contributed by atoms with E-state index < -0.39 is 22.0 Å². The number of non-ortho nitro benzene ring substituents is 1. The topological polar surface area (TPSA) is 128 Å². The molecule has 1 aromatic heterocycles. The number of thioether (sulfide) groups is 1. The number of nitro benzene ring substituents is 1. The third-order valence-electron chi connectivity index (χ3n) is 6.00. The highest BCUT2D eigenvalue weighted by Crippen LogP contribution is 2.39. The van der Waals surface area contributed by atoms with Gasteiger partial charge in [-0.05, 0) is 75.4 Å². The monoisotopic (exact) mass is 553 g/mol. The lowest BCUT2D eigenvalue weighted by molar-refractivity contribution is -0.384. The fourth-order valence-electron chi connectivity index (χ4n) is 4.13. The number of hydrogen-bond acceptors (Lipinski definition) is 8. The molecule has 2 aromatic carbocycles. The average Bonchev–Trinajstić information content (AvgIpc) is 3.27. The van der Waals surface area contributed by atoms with Crippen LogP contribution in [0.4, 0.5) is 16.4 Å². The normalized spacial score (nSPS) is 13.2. The number of hydrogen-bond donors (Lipinski definition) is 2. The predicted molar refractivity (Wildman–Crippen MR) is 148 cm³/mol. The van der Waals surface area contributed by atoms with Gasteiger partial charge in [0.2, 0.25) is 5.91 Å². The van der Waals surface area contributed by atoms with E-state index >= 15 is 0 Å². The highest BCUT2D eigenvalue weighted by molar-refractivity contribution is 8.00. The first-order chi connectivity index (χ1) is 18.3. The molecule has 0 saturated heterocycles. The van der Waals surface area contributed by atoms with Crippen molar-refractivity contribution >= 4 is 57.3 Å². The van der Waals surface area contributed by atoms with Crippen LogP contribution in [-0.4, -0.2) is 34.6 Å². The number of rotatable bonds is 9. The van der Waals surface area contributed by atoms with Crippen molar-refractivity contribution in [1.29, 1.82) is 0 Å². The standard InChI is InChI=1S/C27H27N3O6S2/c1-3-36-27(33)23-21-9-4-5-10-22(21)38-26(23)29-24(31)16(2)37-20-8-6-7-18(15-20)28-25(32)17-11-13-19(14-12-17)30(34)35/h6-8,11-16H,3-5,9-10H2,1-2H3,(H,28,32)(H,29,31). The molecule has 0 spiro atoms. The first-order valence-corrected chi connectivity index (χ1v) is 13.9. The van der Waals surface area contributed by atoms with Gasteiger partial charge in [0, 0.05) is 33.2 Å². The van der Waals surface area contributed by atoms with Crippen LogP contribution < -0.4 is 10.6 Å². The molecule has 1 heterocycles.